The molecule has 3 unspecified atom stereocenters. The zero-order valence-corrected chi connectivity index (χ0v) is 12.8. The van der Waals surface area contributed by atoms with Crippen LogP contribution in [0.2, 0.25) is 0 Å². The van der Waals surface area contributed by atoms with Gasteiger partial charge in [0.25, 0.3) is 0 Å². The quantitative estimate of drug-likeness (QED) is 0.792. The van der Waals surface area contributed by atoms with Gasteiger partial charge in [-0.1, -0.05) is 25.7 Å². The maximum absolute atomic E-state index is 6.39. The van der Waals surface area contributed by atoms with E-state index in [1.165, 1.54) is 64.2 Å². The summed E-state index contributed by atoms with van der Waals surface area (Å²) in [5.41, 5.74) is 0.271. The summed E-state index contributed by atoms with van der Waals surface area (Å²) in [6.07, 6.45) is 13.6. The summed E-state index contributed by atoms with van der Waals surface area (Å²) in [6, 6.07) is 0. The van der Waals surface area contributed by atoms with Gasteiger partial charge in [0.05, 0.1) is 11.7 Å². The van der Waals surface area contributed by atoms with Crippen molar-refractivity contribution in [1.29, 1.82) is 0 Å². The molecule has 0 aromatic heterocycles. The molecule has 0 aromatic rings. The monoisotopic (exact) mass is 285 g/mol. The van der Waals surface area contributed by atoms with Crippen LogP contribution >= 0.6 is 11.6 Å². The van der Waals surface area contributed by atoms with Crippen LogP contribution in [0.25, 0.3) is 0 Å². The first-order valence-corrected chi connectivity index (χ1v) is 8.74. The molecule has 1 aliphatic heterocycles. The Balaban J connectivity index is 1.37. The SMILES string of the molecule is ClC1CCCC1CNCC1CCC2(CCCCC2)O1. The molecule has 3 heteroatoms. The zero-order chi connectivity index (χ0) is 13.1. The van der Waals surface area contributed by atoms with E-state index in [-0.39, 0.29) is 5.60 Å². The molecular formula is C16H28ClNO. The number of hydrogen-bond acceptors (Lipinski definition) is 2. The molecule has 3 fully saturated rings. The van der Waals surface area contributed by atoms with E-state index in [0.29, 0.717) is 17.4 Å². The van der Waals surface area contributed by atoms with Crippen LogP contribution in [0.5, 0.6) is 0 Å². The van der Waals surface area contributed by atoms with Gasteiger partial charge >= 0.3 is 0 Å². The standard InChI is InChI=1S/C16H28ClNO/c17-15-6-4-5-13(15)11-18-12-14-7-10-16(19-14)8-2-1-3-9-16/h13-15,18H,1-12H2. The Kier molecular flexibility index (Phi) is 4.71. The molecule has 0 aromatic carbocycles. The molecule has 110 valence electrons. The van der Waals surface area contributed by atoms with Gasteiger partial charge in [0.2, 0.25) is 0 Å². The van der Waals surface area contributed by atoms with Gasteiger partial charge < -0.3 is 10.1 Å². The summed E-state index contributed by atoms with van der Waals surface area (Å²) < 4.78 is 6.39. The lowest BCUT2D eigenvalue weighted by atomic mass is 9.83. The third-order valence-corrected chi connectivity index (χ3v) is 6.02. The van der Waals surface area contributed by atoms with Crippen molar-refractivity contribution in [2.24, 2.45) is 5.92 Å². The van der Waals surface area contributed by atoms with Gasteiger partial charge in [0.15, 0.2) is 0 Å². The summed E-state index contributed by atoms with van der Waals surface area (Å²) >= 11 is 6.32. The van der Waals surface area contributed by atoms with E-state index in [4.69, 9.17) is 16.3 Å². The summed E-state index contributed by atoms with van der Waals surface area (Å²) in [4.78, 5) is 0. The second-order valence-corrected chi connectivity index (χ2v) is 7.45. The Labute approximate surface area is 122 Å². The molecule has 2 saturated carbocycles. The number of halogens is 1. The van der Waals surface area contributed by atoms with E-state index in [9.17, 15) is 0 Å². The number of rotatable bonds is 4. The van der Waals surface area contributed by atoms with Gasteiger partial charge in [0.1, 0.15) is 0 Å². The Morgan fingerprint density at radius 1 is 0.947 bits per heavy atom. The smallest absolute Gasteiger partial charge is 0.0708 e. The van der Waals surface area contributed by atoms with Crippen molar-refractivity contribution in [3.63, 3.8) is 0 Å². The fraction of sp³-hybridized carbons (Fsp3) is 1.00. The maximum atomic E-state index is 6.39. The highest BCUT2D eigenvalue weighted by molar-refractivity contribution is 6.20. The van der Waals surface area contributed by atoms with Crippen molar-refractivity contribution in [3.8, 4) is 0 Å². The van der Waals surface area contributed by atoms with Crippen molar-refractivity contribution < 1.29 is 4.74 Å². The van der Waals surface area contributed by atoms with Crippen LogP contribution in [0, 0.1) is 5.92 Å². The molecule has 0 radical (unpaired) electrons. The highest BCUT2D eigenvalue weighted by Crippen LogP contribution is 2.41. The average molecular weight is 286 g/mol. The molecule has 2 nitrogen and oxygen atoms in total. The molecule has 1 saturated heterocycles. The van der Waals surface area contributed by atoms with Crippen LogP contribution in [0.1, 0.15) is 64.2 Å². The number of ether oxygens (including phenoxy) is 1. The van der Waals surface area contributed by atoms with E-state index < -0.39 is 0 Å². The van der Waals surface area contributed by atoms with Crippen LogP contribution in [0.3, 0.4) is 0 Å². The molecule has 3 rings (SSSR count). The van der Waals surface area contributed by atoms with Gasteiger partial charge in [-0.15, -0.1) is 11.6 Å². The summed E-state index contributed by atoms with van der Waals surface area (Å²) in [6.45, 7) is 2.11. The lowest BCUT2D eigenvalue weighted by Crippen LogP contribution is -2.36. The number of nitrogens with one attached hydrogen (secondary N) is 1. The number of alkyl halides is 1. The largest absolute Gasteiger partial charge is 0.370 e. The molecular weight excluding hydrogens is 258 g/mol. The molecule has 2 aliphatic carbocycles. The first-order chi connectivity index (χ1) is 9.27. The second-order valence-electron chi connectivity index (χ2n) is 6.89. The lowest BCUT2D eigenvalue weighted by molar-refractivity contribution is -0.0624. The highest BCUT2D eigenvalue weighted by atomic mass is 35.5. The summed E-state index contributed by atoms with van der Waals surface area (Å²) in [5, 5.41) is 4.02. The molecule has 3 aliphatic rings. The molecule has 1 heterocycles. The predicted molar refractivity (Wildman–Crippen MR) is 79.8 cm³/mol. The fourth-order valence-electron chi connectivity index (χ4n) is 4.25. The first-order valence-electron chi connectivity index (χ1n) is 8.30. The van der Waals surface area contributed by atoms with E-state index >= 15 is 0 Å². The van der Waals surface area contributed by atoms with Crippen LogP contribution in [0.15, 0.2) is 0 Å². The van der Waals surface area contributed by atoms with Crippen LogP contribution in [0.4, 0.5) is 0 Å². The van der Waals surface area contributed by atoms with Gasteiger partial charge in [-0.05, 0) is 51.0 Å². The Morgan fingerprint density at radius 3 is 2.53 bits per heavy atom. The summed E-state index contributed by atoms with van der Waals surface area (Å²) in [7, 11) is 0. The van der Waals surface area contributed by atoms with E-state index in [1.807, 2.05) is 0 Å². The maximum Gasteiger partial charge on any atom is 0.0708 e. The topological polar surface area (TPSA) is 21.3 Å². The Hall–Kier alpha value is 0.210. The normalized spacial score (nSPS) is 38.1. The highest BCUT2D eigenvalue weighted by Gasteiger charge is 2.40. The Morgan fingerprint density at radius 2 is 1.79 bits per heavy atom. The minimum atomic E-state index is 0.271. The van der Waals surface area contributed by atoms with Gasteiger partial charge in [0, 0.05) is 11.9 Å². The van der Waals surface area contributed by atoms with Gasteiger partial charge in [-0.3, -0.25) is 0 Å². The molecule has 1 N–H and O–H groups in total. The molecule has 3 atom stereocenters. The second kappa shape index (κ2) is 6.32. The van der Waals surface area contributed by atoms with E-state index in [1.54, 1.807) is 0 Å². The minimum absolute atomic E-state index is 0.271. The molecule has 0 bridgehead atoms. The Bertz CT molecular complexity index is 290. The van der Waals surface area contributed by atoms with Crippen LogP contribution in [-0.4, -0.2) is 30.2 Å². The lowest BCUT2D eigenvalue weighted by Gasteiger charge is -2.33. The fourth-order valence-corrected chi connectivity index (χ4v) is 4.62. The van der Waals surface area contributed by atoms with Crippen molar-refractivity contribution in [2.75, 3.05) is 13.1 Å². The zero-order valence-electron chi connectivity index (χ0n) is 12.0. The molecule has 19 heavy (non-hydrogen) atoms. The molecule has 1 spiro atoms. The van der Waals surface area contributed by atoms with Crippen molar-refractivity contribution in [1.82, 2.24) is 5.32 Å². The third-order valence-electron chi connectivity index (χ3n) is 5.45. The average Bonchev–Trinajstić information content (AvgIpc) is 2.99. The number of hydrogen-bond donors (Lipinski definition) is 1. The van der Waals surface area contributed by atoms with Crippen molar-refractivity contribution >= 4 is 11.6 Å². The minimum Gasteiger partial charge on any atom is -0.370 e. The van der Waals surface area contributed by atoms with Crippen molar-refractivity contribution in [2.45, 2.75) is 81.3 Å². The first kappa shape index (κ1) is 14.2. The molecule has 0 amide bonds. The third kappa shape index (κ3) is 3.46. The summed E-state index contributed by atoms with van der Waals surface area (Å²) in [5.74, 6) is 0.687. The van der Waals surface area contributed by atoms with E-state index in [2.05, 4.69) is 5.32 Å². The predicted octanol–water partition coefficient (Wildman–Crippen LogP) is 3.87. The van der Waals surface area contributed by atoms with Crippen LogP contribution < -0.4 is 5.32 Å². The van der Waals surface area contributed by atoms with Crippen LogP contribution in [-0.2, 0) is 4.74 Å². The van der Waals surface area contributed by atoms with Gasteiger partial charge in [-0.2, -0.15) is 0 Å². The van der Waals surface area contributed by atoms with Crippen molar-refractivity contribution in [3.05, 3.63) is 0 Å². The van der Waals surface area contributed by atoms with E-state index in [0.717, 1.165) is 13.1 Å². The van der Waals surface area contributed by atoms with Gasteiger partial charge in [-0.25, -0.2) is 0 Å².